The van der Waals surface area contributed by atoms with Gasteiger partial charge in [-0.25, -0.2) is 0 Å². The Bertz CT molecular complexity index is 653. The van der Waals surface area contributed by atoms with E-state index in [1.54, 1.807) is 0 Å². The molecule has 1 saturated carbocycles. The van der Waals surface area contributed by atoms with Gasteiger partial charge in [0, 0.05) is 50.2 Å². The molecule has 168 valence electrons. The minimum absolute atomic E-state index is 0.00745. The number of ether oxygens (including phenoxy) is 2. The van der Waals surface area contributed by atoms with Crippen LogP contribution in [0.25, 0.3) is 0 Å². The summed E-state index contributed by atoms with van der Waals surface area (Å²) in [5.74, 6) is 2.01. The van der Waals surface area contributed by atoms with Crippen molar-refractivity contribution >= 4 is 11.9 Å². The van der Waals surface area contributed by atoms with Gasteiger partial charge >= 0.3 is 0 Å². The highest BCUT2D eigenvalue weighted by atomic mass is 16.7. The zero-order valence-corrected chi connectivity index (χ0v) is 17.7. The van der Waals surface area contributed by atoms with Crippen LogP contribution in [0.2, 0.25) is 0 Å². The topological polar surface area (TPSA) is 168 Å². The summed E-state index contributed by atoms with van der Waals surface area (Å²) in [4.78, 5) is 18.4. The lowest BCUT2D eigenvalue weighted by molar-refractivity contribution is -0.0338. The lowest BCUT2D eigenvalue weighted by Crippen LogP contribution is -2.53. The van der Waals surface area contributed by atoms with Crippen LogP contribution >= 0.6 is 0 Å². The smallest absolute Gasteiger partial charge is 0.230 e. The average molecular weight is 422 g/mol. The Kier molecular flexibility index (Phi) is 6.66. The van der Waals surface area contributed by atoms with Crippen LogP contribution in [-0.4, -0.2) is 85.3 Å². The molecule has 8 N–H and O–H groups in total. The van der Waals surface area contributed by atoms with Gasteiger partial charge in [0.25, 0.3) is 0 Å². The molecule has 0 aromatic carbocycles. The van der Waals surface area contributed by atoms with E-state index in [0.717, 1.165) is 31.5 Å². The molecule has 1 unspecified atom stereocenters. The number of rotatable bonds is 5. The number of aromatic nitrogens is 3. The lowest BCUT2D eigenvalue weighted by Gasteiger charge is -2.36. The van der Waals surface area contributed by atoms with Crippen LogP contribution in [-0.2, 0) is 9.47 Å². The fourth-order valence-electron chi connectivity index (χ4n) is 4.64. The number of likely N-dealkylation sites (N-methyl/N-ethyl adjacent to an activating group) is 1. The molecule has 2 saturated heterocycles. The minimum atomic E-state index is -0.285. The van der Waals surface area contributed by atoms with Crippen LogP contribution in [0.15, 0.2) is 0 Å². The first-order valence-corrected chi connectivity index (χ1v) is 10.8. The highest BCUT2D eigenvalue weighted by Crippen LogP contribution is 2.31. The Labute approximate surface area is 177 Å². The second kappa shape index (κ2) is 9.25. The van der Waals surface area contributed by atoms with E-state index in [2.05, 4.69) is 4.90 Å². The molecular formula is C19H35N9O2. The quantitative estimate of drug-likeness (QED) is 0.435. The Hall–Kier alpha value is -1.63. The van der Waals surface area contributed by atoms with Gasteiger partial charge in [-0.15, -0.1) is 0 Å². The van der Waals surface area contributed by atoms with Gasteiger partial charge in [-0.1, -0.05) is 0 Å². The second-order valence-electron chi connectivity index (χ2n) is 8.93. The maximum absolute atomic E-state index is 6.24. The standard InChI is InChI=1S/C19H35N9O2/c1-27(10-16-29-2-3-30-16)18-24-17(11-4-12(20)6-13(21)5-11)25-19(26-18)28-8-14(22)7-15(23)9-28/h11-16H,2-10,20-23H2,1H3/t11?,12-,13+,14-,15+. The van der Waals surface area contributed by atoms with Crippen LogP contribution < -0.4 is 32.7 Å². The van der Waals surface area contributed by atoms with E-state index in [1.165, 1.54) is 0 Å². The normalized spacial score (nSPS) is 33.1. The molecule has 0 spiro atoms. The predicted molar refractivity (Wildman–Crippen MR) is 114 cm³/mol. The number of piperidine rings is 1. The van der Waals surface area contributed by atoms with Crippen molar-refractivity contribution in [3.05, 3.63) is 5.82 Å². The van der Waals surface area contributed by atoms with Crippen LogP contribution in [0.3, 0.4) is 0 Å². The lowest BCUT2D eigenvalue weighted by atomic mass is 9.83. The Morgan fingerprint density at radius 3 is 2.10 bits per heavy atom. The molecule has 0 bridgehead atoms. The van der Waals surface area contributed by atoms with E-state index in [4.69, 9.17) is 47.4 Å². The molecule has 2 aliphatic heterocycles. The van der Waals surface area contributed by atoms with Crippen LogP contribution in [0.1, 0.15) is 37.4 Å². The summed E-state index contributed by atoms with van der Waals surface area (Å²) >= 11 is 0. The number of hydrogen-bond acceptors (Lipinski definition) is 11. The minimum Gasteiger partial charge on any atom is -0.348 e. The van der Waals surface area contributed by atoms with Crippen molar-refractivity contribution in [3.8, 4) is 0 Å². The molecule has 0 radical (unpaired) electrons. The van der Waals surface area contributed by atoms with Gasteiger partial charge in [-0.2, -0.15) is 15.0 Å². The molecule has 4 rings (SSSR count). The number of nitrogens with zero attached hydrogens (tertiary/aromatic N) is 5. The zero-order valence-electron chi connectivity index (χ0n) is 17.7. The average Bonchev–Trinajstić information content (AvgIpc) is 3.19. The predicted octanol–water partition coefficient (Wildman–Crippen LogP) is -1.53. The van der Waals surface area contributed by atoms with Gasteiger partial charge in [0.15, 0.2) is 6.29 Å². The summed E-state index contributed by atoms with van der Waals surface area (Å²) in [5.41, 5.74) is 24.9. The van der Waals surface area contributed by atoms with Crippen molar-refractivity contribution in [2.45, 2.75) is 62.1 Å². The summed E-state index contributed by atoms with van der Waals surface area (Å²) in [6, 6.07) is 0.0912. The van der Waals surface area contributed by atoms with E-state index in [9.17, 15) is 0 Å². The van der Waals surface area contributed by atoms with E-state index in [1.807, 2.05) is 11.9 Å². The van der Waals surface area contributed by atoms with Crippen molar-refractivity contribution in [1.29, 1.82) is 0 Å². The van der Waals surface area contributed by atoms with Crippen molar-refractivity contribution in [2.24, 2.45) is 22.9 Å². The third-order valence-electron chi connectivity index (χ3n) is 6.03. The first-order valence-electron chi connectivity index (χ1n) is 10.8. The van der Waals surface area contributed by atoms with Crippen LogP contribution in [0.4, 0.5) is 11.9 Å². The van der Waals surface area contributed by atoms with Gasteiger partial charge < -0.3 is 42.2 Å². The largest absolute Gasteiger partial charge is 0.348 e. The number of hydrogen-bond donors (Lipinski definition) is 4. The van der Waals surface area contributed by atoms with E-state index < -0.39 is 0 Å². The maximum Gasteiger partial charge on any atom is 0.230 e. The monoisotopic (exact) mass is 421 g/mol. The summed E-state index contributed by atoms with van der Waals surface area (Å²) in [6.07, 6.45) is 2.96. The van der Waals surface area contributed by atoms with Crippen molar-refractivity contribution < 1.29 is 9.47 Å². The third kappa shape index (κ3) is 5.16. The molecule has 1 aliphatic carbocycles. The van der Waals surface area contributed by atoms with Crippen LogP contribution in [0.5, 0.6) is 0 Å². The molecular weight excluding hydrogens is 386 g/mol. The molecule has 3 aliphatic rings. The third-order valence-corrected chi connectivity index (χ3v) is 6.03. The van der Waals surface area contributed by atoms with Gasteiger partial charge in [0.2, 0.25) is 11.9 Å². The zero-order chi connectivity index (χ0) is 21.3. The summed E-state index contributed by atoms with van der Waals surface area (Å²) in [6.45, 7) is 3.07. The SMILES string of the molecule is CN(CC1OCCO1)c1nc(C2C[C@@H](N)C[C@@H](N)C2)nc(N2C[C@H](N)C[C@H](N)C2)n1. The van der Waals surface area contributed by atoms with Crippen molar-refractivity contribution in [3.63, 3.8) is 0 Å². The van der Waals surface area contributed by atoms with Gasteiger partial charge in [0.1, 0.15) is 5.82 Å². The van der Waals surface area contributed by atoms with Crippen LogP contribution in [0, 0.1) is 0 Å². The second-order valence-corrected chi connectivity index (χ2v) is 8.93. The van der Waals surface area contributed by atoms with Crippen molar-refractivity contribution in [1.82, 2.24) is 15.0 Å². The molecule has 3 fully saturated rings. The molecule has 1 aromatic heterocycles. The maximum atomic E-state index is 6.24. The van der Waals surface area contributed by atoms with E-state index in [-0.39, 0.29) is 36.4 Å². The highest BCUT2D eigenvalue weighted by molar-refractivity contribution is 5.40. The van der Waals surface area contributed by atoms with E-state index in [0.29, 0.717) is 44.7 Å². The Morgan fingerprint density at radius 1 is 0.867 bits per heavy atom. The van der Waals surface area contributed by atoms with Gasteiger partial charge in [-0.3, -0.25) is 0 Å². The molecule has 5 atom stereocenters. The van der Waals surface area contributed by atoms with Gasteiger partial charge in [0.05, 0.1) is 19.8 Å². The molecule has 0 amide bonds. The number of anilines is 2. The summed E-state index contributed by atoms with van der Waals surface area (Å²) < 4.78 is 11.2. The molecule has 11 nitrogen and oxygen atoms in total. The molecule has 3 heterocycles. The summed E-state index contributed by atoms with van der Waals surface area (Å²) in [7, 11) is 1.93. The number of nitrogens with two attached hydrogens (primary N) is 4. The van der Waals surface area contributed by atoms with Crippen molar-refractivity contribution in [2.75, 3.05) is 49.7 Å². The first kappa shape index (κ1) is 21.6. The molecule has 30 heavy (non-hydrogen) atoms. The molecule has 1 aromatic rings. The molecule has 11 heteroatoms. The van der Waals surface area contributed by atoms with E-state index >= 15 is 0 Å². The fourth-order valence-corrected chi connectivity index (χ4v) is 4.64. The Morgan fingerprint density at radius 2 is 1.47 bits per heavy atom. The fraction of sp³-hybridized carbons (Fsp3) is 0.842. The Balaban J connectivity index is 1.62. The van der Waals surface area contributed by atoms with Gasteiger partial charge in [-0.05, 0) is 25.7 Å². The first-order chi connectivity index (χ1) is 14.4. The summed E-state index contributed by atoms with van der Waals surface area (Å²) in [5, 5.41) is 0. The highest BCUT2D eigenvalue weighted by Gasteiger charge is 2.31.